The summed E-state index contributed by atoms with van der Waals surface area (Å²) in [4.78, 5) is 14.1. The number of methoxy groups -OCH3 is 1. The third kappa shape index (κ3) is 3.22. The molecule has 0 amide bonds. The summed E-state index contributed by atoms with van der Waals surface area (Å²) in [6.45, 7) is 1.66. The van der Waals surface area contributed by atoms with Crippen LogP contribution in [0.2, 0.25) is 10.0 Å². The Hall–Kier alpha value is -0.770. The molecule has 0 spiro atoms. The molecule has 1 aliphatic heterocycles. The summed E-state index contributed by atoms with van der Waals surface area (Å²) < 4.78 is 4.92. The second-order valence-corrected chi connectivity index (χ2v) is 5.78. The van der Waals surface area contributed by atoms with E-state index in [4.69, 9.17) is 27.9 Å². The Morgan fingerprint density at radius 1 is 1.37 bits per heavy atom. The normalized spacial score (nSPS) is 24.2. The SMILES string of the molecule is COC(=O)[C@@H]1CN(C)CC[C@H]1c1ccc(Cl)c(Cl)c1. The van der Waals surface area contributed by atoms with Crippen LogP contribution in [0.4, 0.5) is 0 Å². The molecule has 2 rings (SSSR count). The van der Waals surface area contributed by atoms with Gasteiger partial charge < -0.3 is 9.64 Å². The number of likely N-dealkylation sites (tertiary alicyclic amines) is 1. The van der Waals surface area contributed by atoms with E-state index < -0.39 is 0 Å². The minimum atomic E-state index is -0.164. The van der Waals surface area contributed by atoms with Gasteiger partial charge in [-0.15, -0.1) is 0 Å². The highest BCUT2D eigenvalue weighted by molar-refractivity contribution is 6.42. The van der Waals surface area contributed by atoms with E-state index in [1.807, 2.05) is 19.2 Å². The predicted octanol–water partition coefficient (Wildman–Crippen LogP) is 3.20. The average molecular weight is 302 g/mol. The molecule has 0 radical (unpaired) electrons. The molecule has 1 heterocycles. The summed E-state index contributed by atoms with van der Waals surface area (Å²) in [6.07, 6.45) is 0.911. The highest BCUT2D eigenvalue weighted by Gasteiger charge is 2.35. The van der Waals surface area contributed by atoms with Crippen molar-refractivity contribution in [2.45, 2.75) is 12.3 Å². The van der Waals surface area contributed by atoms with Crippen molar-refractivity contribution in [3.8, 4) is 0 Å². The van der Waals surface area contributed by atoms with Crippen molar-refractivity contribution in [1.29, 1.82) is 0 Å². The molecular formula is C14H17Cl2NO2. The van der Waals surface area contributed by atoms with Crippen LogP contribution < -0.4 is 0 Å². The third-order valence-corrected chi connectivity index (χ3v) is 4.43. The van der Waals surface area contributed by atoms with Crippen molar-refractivity contribution < 1.29 is 9.53 Å². The standard InChI is InChI=1S/C14H17Cl2NO2/c1-17-6-5-10(11(8-17)14(18)19-2)9-3-4-12(15)13(16)7-9/h3-4,7,10-11H,5-6,8H2,1-2H3/t10-,11+/m0/s1. The molecule has 1 aromatic rings. The lowest BCUT2D eigenvalue weighted by Gasteiger charge is -2.35. The lowest BCUT2D eigenvalue weighted by atomic mass is 9.80. The van der Waals surface area contributed by atoms with Gasteiger partial charge in [0.25, 0.3) is 0 Å². The Bertz CT molecular complexity index is 479. The van der Waals surface area contributed by atoms with Gasteiger partial charge in [0.1, 0.15) is 0 Å². The number of hydrogen-bond donors (Lipinski definition) is 0. The first-order valence-corrected chi connectivity index (χ1v) is 7.00. The van der Waals surface area contributed by atoms with Crippen LogP contribution in [0.15, 0.2) is 18.2 Å². The number of benzene rings is 1. The number of halogens is 2. The number of carbonyl (C=O) groups is 1. The number of nitrogens with zero attached hydrogens (tertiary/aromatic N) is 1. The molecule has 0 unspecified atom stereocenters. The van der Waals surface area contributed by atoms with Crippen LogP contribution in [0.1, 0.15) is 17.9 Å². The zero-order chi connectivity index (χ0) is 14.0. The lowest BCUT2D eigenvalue weighted by molar-refractivity contribution is -0.148. The zero-order valence-corrected chi connectivity index (χ0v) is 12.5. The maximum absolute atomic E-state index is 11.9. The summed E-state index contributed by atoms with van der Waals surface area (Å²) in [5.41, 5.74) is 1.05. The molecule has 0 saturated carbocycles. The molecule has 5 heteroatoms. The fourth-order valence-electron chi connectivity index (χ4n) is 2.65. The Morgan fingerprint density at radius 3 is 2.74 bits per heavy atom. The Kier molecular flexibility index (Phi) is 4.71. The number of carbonyl (C=O) groups excluding carboxylic acids is 1. The van der Waals surface area contributed by atoms with Crippen LogP contribution in [0.5, 0.6) is 0 Å². The molecule has 1 fully saturated rings. The molecule has 1 aromatic carbocycles. The van der Waals surface area contributed by atoms with E-state index >= 15 is 0 Å². The molecule has 1 aliphatic rings. The number of ether oxygens (including phenoxy) is 1. The van der Waals surface area contributed by atoms with Crippen LogP contribution in [-0.4, -0.2) is 38.1 Å². The van der Waals surface area contributed by atoms with Crippen LogP contribution >= 0.6 is 23.2 Å². The summed E-state index contributed by atoms with van der Waals surface area (Å²) in [6, 6.07) is 5.59. The summed E-state index contributed by atoms with van der Waals surface area (Å²) in [7, 11) is 3.45. The van der Waals surface area contributed by atoms with E-state index in [0.717, 1.165) is 18.5 Å². The lowest BCUT2D eigenvalue weighted by Crippen LogP contribution is -2.41. The monoisotopic (exact) mass is 301 g/mol. The molecule has 0 bridgehead atoms. The Labute approximate surface area is 123 Å². The van der Waals surface area contributed by atoms with E-state index in [1.54, 1.807) is 6.07 Å². The minimum absolute atomic E-state index is 0.137. The van der Waals surface area contributed by atoms with Crippen molar-refractivity contribution in [3.63, 3.8) is 0 Å². The second kappa shape index (κ2) is 6.12. The first-order chi connectivity index (χ1) is 9.02. The molecule has 0 aliphatic carbocycles. The van der Waals surface area contributed by atoms with Crippen molar-refractivity contribution in [3.05, 3.63) is 33.8 Å². The van der Waals surface area contributed by atoms with Crippen LogP contribution in [0.3, 0.4) is 0 Å². The van der Waals surface area contributed by atoms with Crippen LogP contribution in [0.25, 0.3) is 0 Å². The Morgan fingerprint density at radius 2 is 2.11 bits per heavy atom. The van der Waals surface area contributed by atoms with Crippen LogP contribution in [0, 0.1) is 5.92 Å². The topological polar surface area (TPSA) is 29.5 Å². The molecular weight excluding hydrogens is 285 g/mol. The molecule has 104 valence electrons. The average Bonchev–Trinajstić information content (AvgIpc) is 2.41. The first kappa shape index (κ1) is 14.6. The molecule has 2 atom stereocenters. The van der Waals surface area contributed by atoms with Crippen molar-refractivity contribution in [2.75, 3.05) is 27.2 Å². The minimum Gasteiger partial charge on any atom is -0.469 e. The maximum atomic E-state index is 11.9. The van der Waals surface area contributed by atoms with Crippen molar-refractivity contribution >= 4 is 29.2 Å². The smallest absolute Gasteiger partial charge is 0.310 e. The number of piperidine rings is 1. The molecule has 3 nitrogen and oxygen atoms in total. The molecule has 0 N–H and O–H groups in total. The number of rotatable bonds is 2. The number of esters is 1. The fraction of sp³-hybridized carbons (Fsp3) is 0.500. The van der Waals surface area contributed by atoms with E-state index in [1.165, 1.54) is 7.11 Å². The fourth-order valence-corrected chi connectivity index (χ4v) is 2.95. The summed E-state index contributed by atoms with van der Waals surface area (Å²) >= 11 is 12.0. The van der Waals surface area contributed by atoms with Crippen molar-refractivity contribution in [2.24, 2.45) is 5.92 Å². The van der Waals surface area contributed by atoms with Gasteiger partial charge in [-0.05, 0) is 43.6 Å². The summed E-state index contributed by atoms with van der Waals surface area (Å²) in [5, 5.41) is 1.06. The van der Waals surface area contributed by atoms with Gasteiger partial charge in [0, 0.05) is 6.54 Å². The molecule has 19 heavy (non-hydrogen) atoms. The van der Waals surface area contributed by atoms with E-state index in [9.17, 15) is 4.79 Å². The predicted molar refractivity (Wildman–Crippen MR) is 76.8 cm³/mol. The van der Waals surface area contributed by atoms with Gasteiger partial charge in [0.05, 0.1) is 23.1 Å². The number of hydrogen-bond acceptors (Lipinski definition) is 3. The summed E-state index contributed by atoms with van der Waals surface area (Å²) in [5.74, 6) is -0.179. The second-order valence-electron chi connectivity index (χ2n) is 4.96. The van der Waals surface area contributed by atoms with E-state index in [2.05, 4.69) is 4.90 Å². The Balaban J connectivity index is 2.29. The van der Waals surface area contributed by atoms with Gasteiger partial charge in [-0.3, -0.25) is 4.79 Å². The largest absolute Gasteiger partial charge is 0.469 e. The maximum Gasteiger partial charge on any atom is 0.310 e. The van der Waals surface area contributed by atoms with Crippen LogP contribution in [-0.2, 0) is 9.53 Å². The first-order valence-electron chi connectivity index (χ1n) is 6.24. The zero-order valence-electron chi connectivity index (χ0n) is 11.0. The highest BCUT2D eigenvalue weighted by Crippen LogP contribution is 2.36. The van der Waals surface area contributed by atoms with Gasteiger partial charge >= 0.3 is 5.97 Å². The van der Waals surface area contributed by atoms with Gasteiger partial charge in [-0.25, -0.2) is 0 Å². The molecule has 1 saturated heterocycles. The van der Waals surface area contributed by atoms with Gasteiger partial charge in [-0.1, -0.05) is 29.3 Å². The highest BCUT2D eigenvalue weighted by atomic mass is 35.5. The van der Waals surface area contributed by atoms with Gasteiger partial charge in [0.2, 0.25) is 0 Å². The van der Waals surface area contributed by atoms with Gasteiger partial charge in [0.15, 0.2) is 0 Å². The van der Waals surface area contributed by atoms with Gasteiger partial charge in [-0.2, -0.15) is 0 Å². The van der Waals surface area contributed by atoms with E-state index in [-0.39, 0.29) is 17.8 Å². The van der Waals surface area contributed by atoms with Crippen molar-refractivity contribution in [1.82, 2.24) is 4.90 Å². The third-order valence-electron chi connectivity index (χ3n) is 3.69. The van der Waals surface area contributed by atoms with E-state index in [0.29, 0.717) is 16.6 Å². The molecule has 0 aromatic heterocycles. The quantitative estimate of drug-likeness (QED) is 0.786.